The fourth-order valence-electron chi connectivity index (χ4n) is 9.67. The van der Waals surface area contributed by atoms with Crippen molar-refractivity contribution < 1.29 is 56.2 Å². The predicted octanol–water partition coefficient (Wildman–Crippen LogP) is 11.0. The molecule has 13 nitrogen and oxygen atoms in total. The van der Waals surface area contributed by atoms with Gasteiger partial charge in [0.2, 0.25) is 0 Å². The van der Waals surface area contributed by atoms with Crippen molar-refractivity contribution in [3.63, 3.8) is 0 Å². The van der Waals surface area contributed by atoms with Crippen molar-refractivity contribution in [2.24, 2.45) is 0 Å². The van der Waals surface area contributed by atoms with E-state index < -0.39 is 16.6 Å². The minimum atomic E-state index is -1.85. The van der Waals surface area contributed by atoms with Gasteiger partial charge in [-0.05, 0) is 81.6 Å². The molecule has 2 aromatic carbocycles. The number of H-pyrrole nitrogens is 1. The van der Waals surface area contributed by atoms with E-state index in [9.17, 15) is 0 Å². The molecule has 3 rings (SSSR count). The molecule has 0 spiro atoms. The Morgan fingerprint density at radius 1 is 0.358 bits per heavy atom. The maximum atomic E-state index is 6.55. The third kappa shape index (κ3) is 20.4. The molecule has 384 valence electrons. The Balaban J connectivity index is 1.11. The zero-order chi connectivity index (χ0) is 48.9. The van der Waals surface area contributed by atoms with Crippen molar-refractivity contribution >= 4 is 27.5 Å². The topological polar surface area (TPSA) is 127 Å². The fourth-order valence-corrected chi connectivity index (χ4v) is 20.5. The minimum absolute atomic E-state index is 0.448. The van der Waals surface area contributed by atoms with Gasteiger partial charge in [0.1, 0.15) is 37.1 Å². The van der Waals surface area contributed by atoms with Gasteiger partial charge in [-0.1, -0.05) is 83.1 Å². The number of ether oxygens (including phenoxy) is 10. The van der Waals surface area contributed by atoms with Crippen LogP contribution in [0, 0.1) is 0 Å². The summed E-state index contributed by atoms with van der Waals surface area (Å²) in [5.74, 6) is 2.34. The van der Waals surface area contributed by atoms with Crippen LogP contribution in [0.2, 0.25) is 33.2 Å². The molecule has 1 N–H and O–H groups in total. The lowest BCUT2D eigenvalue weighted by Gasteiger charge is -2.42. The molecule has 0 aliphatic carbocycles. The zero-order valence-electron chi connectivity index (χ0n) is 43.6. The van der Waals surface area contributed by atoms with E-state index in [0.717, 1.165) is 29.2 Å². The van der Waals surface area contributed by atoms with Crippen LogP contribution in [0.3, 0.4) is 0 Å². The van der Waals surface area contributed by atoms with Crippen LogP contribution in [0.5, 0.6) is 17.2 Å². The van der Waals surface area contributed by atoms with Gasteiger partial charge in [-0.15, -0.1) is 0 Å². The van der Waals surface area contributed by atoms with Gasteiger partial charge in [-0.3, -0.25) is 0 Å². The van der Waals surface area contributed by atoms with Crippen LogP contribution in [0.25, 0.3) is 10.9 Å². The first-order valence-electron chi connectivity index (χ1n) is 25.2. The summed E-state index contributed by atoms with van der Waals surface area (Å²) in [4.78, 5) is 3.36. The molecule has 0 aliphatic heterocycles. The normalized spacial score (nSPS) is 12.6. The number of benzene rings is 2. The molecule has 0 fully saturated rings. The molecule has 0 saturated carbocycles. The second kappa shape index (κ2) is 33.1. The first kappa shape index (κ1) is 58.8. The lowest BCUT2D eigenvalue weighted by molar-refractivity contribution is 0.00983. The molecule has 0 saturated heterocycles. The van der Waals surface area contributed by atoms with E-state index in [-0.39, 0.29) is 0 Å². The second-order valence-corrected chi connectivity index (χ2v) is 29.8. The van der Waals surface area contributed by atoms with E-state index in [0.29, 0.717) is 159 Å². The van der Waals surface area contributed by atoms with Crippen molar-refractivity contribution in [2.45, 2.75) is 123 Å². The third-order valence-electron chi connectivity index (χ3n) is 12.6. The van der Waals surface area contributed by atoms with E-state index >= 15 is 0 Å². The van der Waals surface area contributed by atoms with Gasteiger partial charge in [0.25, 0.3) is 0 Å². The van der Waals surface area contributed by atoms with Crippen LogP contribution in [-0.4, -0.2) is 147 Å². The lowest BCUT2D eigenvalue weighted by Crippen LogP contribution is -2.48. The van der Waals surface area contributed by atoms with Gasteiger partial charge < -0.3 is 61.2 Å². The number of aromatic amines is 1. The Labute approximate surface area is 407 Å². The predicted molar refractivity (Wildman–Crippen MR) is 275 cm³/mol. The fraction of sp³-hybridized carbons (Fsp3) is 0.731. The van der Waals surface area contributed by atoms with Crippen LogP contribution in [0.4, 0.5) is 0 Å². The SMILES string of the molecule is CC(C)[Si](OCCOCCOCCOc1ccc(OCCOCCOCCOCCc2c[nH]c3cc(OCCOCCOCCO[Si](C(C)C)(C(C)C)C(C)C)ccc23)cc1)(C(C)C)C(C)C. The summed E-state index contributed by atoms with van der Waals surface area (Å²) in [6, 6.07) is 13.7. The van der Waals surface area contributed by atoms with E-state index in [1.54, 1.807) is 0 Å². The number of rotatable bonds is 41. The van der Waals surface area contributed by atoms with Crippen LogP contribution in [-0.2, 0) is 48.4 Å². The van der Waals surface area contributed by atoms with Crippen LogP contribution in [0.1, 0.15) is 88.6 Å². The van der Waals surface area contributed by atoms with Gasteiger partial charge in [0.15, 0.2) is 16.6 Å². The molecular weight excluding hydrogens is 887 g/mol. The Kier molecular flexibility index (Phi) is 29.0. The van der Waals surface area contributed by atoms with Crippen LogP contribution < -0.4 is 14.2 Å². The molecule has 1 aromatic heterocycles. The first-order chi connectivity index (χ1) is 32.2. The maximum absolute atomic E-state index is 6.55. The lowest BCUT2D eigenvalue weighted by atomic mass is 10.1. The average Bonchev–Trinajstić information content (AvgIpc) is 3.69. The number of aromatic nitrogens is 1. The monoisotopic (exact) mass is 978 g/mol. The van der Waals surface area contributed by atoms with E-state index in [1.807, 2.05) is 42.6 Å². The molecule has 15 heteroatoms. The molecule has 0 atom stereocenters. The molecule has 1 heterocycles. The van der Waals surface area contributed by atoms with Crippen LogP contribution >= 0.6 is 0 Å². The highest BCUT2D eigenvalue weighted by Gasteiger charge is 2.45. The summed E-state index contributed by atoms with van der Waals surface area (Å²) in [6.07, 6.45) is 2.84. The van der Waals surface area contributed by atoms with E-state index in [1.165, 1.54) is 10.9 Å². The minimum Gasteiger partial charge on any atom is -0.491 e. The second-order valence-electron chi connectivity index (χ2n) is 18.9. The average molecular weight is 978 g/mol. The third-order valence-corrected chi connectivity index (χ3v) is 24.9. The van der Waals surface area contributed by atoms with E-state index in [2.05, 4.69) is 94.1 Å². The van der Waals surface area contributed by atoms with Crippen molar-refractivity contribution in [3.05, 3.63) is 54.2 Å². The van der Waals surface area contributed by atoms with Gasteiger partial charge in [-0.2, -0.15) is 0 Å². The molecule has 0 radical (unpaired) electrons. The Hall–Kier alpha value is -2.55. The number of nitrogens with one attached hydrogen (secondary N) is 1. The van der Waals surface area contributed by atoms with E-state index in [4.69, 9.17) is 56.2 Å². The molecule has 0 amide bonds. The van der Waals surface area contributed by atoms with Gasteiger partial charge in [0.05, 0.1) is 106 Å². The Bertz CT molecular complexity index is 1640. The Morgan fingerprint density at radius 2 is 0.657 bits per heavy atom. The maximum Gasteiger partial charge on any atom is 0.200 e. The van der Waals surface area contributed by atoms with Gasteiger partial charge in [-0.25, -0.2) is 0 Å². The van der Waals surface area contributed by atoms with Crippen molar-refractivity contribution in [1.82, 2.24) is 4.98 Å². The molecule has 67 heavy (non-hydrogen) atoms. The largest absolute Gasteiger partial charge is 0.491 e. The first-order valence-corrected chi connectivity index (χ1v) is 29.4. The molecule has 0 aliphatic rings. The Morgan fingerprint density at radius 3 is 1.01 bits per heavy atom. The highest BCUT2D eigenvalue weighted by Crippen LogP contribution is 2.43. The van der Waals surface area contributed by atoms with Crippen molar-refractivity contribution in [2.75, 3.05) is 126 Å². The number of hydrogen-bond donors (Lipinski definition) is 1. The zero-order valence-corrected chi connectivity index (χ0v) is 45.6. The highest BCUT2D eigenvalue weighted by molar-refractivity contribution is 6.78. The summed E-state index contributed by atoms with van der Waals surface area (Å²) in [5, 5.41) is 1.17. The summed E-state index contributed by atoms with van der Waals surface area (Å²) >= 11 is 0. The summed E-state index contributed by atoms with van der Waals surface area (Å²) < 4.78 is 70.8. The molecular formula is C52H91NO12Si2. The summed E-state index contributed by atoms with van der Waals surface area (Å²) in [7, 11) is -3.69. The van der Waals surface area contributed by atoms with Gasteiger partial charge >= 0.3 is 0 Å². The summed E-state index contributed by atoms with van der Waals surface area (Å²) in [5.41, 5.74) is 5.68. The molecule has 3 aromatic rings. The summed E-state index contributed by atoms with van der Waals surface area (Å²) in [6.45, 7) is 37.7. The number of hydrogen-bond acceptors (Lipinski definition) is 12. The highest BCUT2D eigenvalue weighted by atomic mass is 28.4. The van der Waals surface area contributed by atoms with Gasteiger partial charge in [0, 0.05) is 23.2 Å². The smallest absolute Gasteiger partial charge is 0.200 e. The molecule has 0 unspecified atom stereocenters. The number of fused-ring (bicyclic) bond motifs is 1. The van der Waals surface area contributed by atoms with Crippen LogP contribution in [0.15, 0.2) is 48.7 Å². The standard InChI is InChI=1S/C52H91NO12Si2/c1-41(2)66(42(3)4,43(5)6)64-37-32-59-27-25-57-30-35-62-49-15-13-48(14-16-49)61-34-29-56-24-23-55-22-21-54-20-19-47-40-53-52-39-50(17-18-51(47)52)63-36-31-58-26-28-60-33-38-65-67(44(7)8,45(9)10)46(11)12/h13-18,39-46,53H,19-38H2,1-12H3. The quantitative estimate of drug-likeness (QED) is 0.0430. The van der Waals surface area contributed by atoms with Crippen molar-refractivity contribution in [1.29, 1.82) is 0 Å². The molecule has 0 bridgehead atoms. The van der Waals surface area contributed by atoms with Crippen molar-refractivity contribution in [3.8, 4) is 17.2 Å².